The minimum absolute atomic E-state index is 0.0363. The van der Waals surface area contributed by atoms with E-state index in [-0.39, 0.29) is 17.2 Å². The van der Waals surface area contributed by atoms with Gasteiger partial charge in [0.2, 0.25) is 11.6 Å². The van der Waals surface area contributed by atoms with Crippen LogP contribution in [0, 0.1) is 15.9 Å². The standard InChI is InChI=1S/C20H19FN6O3/c1-12(2)13-5-9-16(10-6-13)24-18-17(27(29)30)19(23-11-22-18)25-26-20(28)14-3-7-15(21)8-4-14/h3-12H,1-2H3,(H,26,28)(H2,22,23,24,25). The summed E-state index contributed by atoms with van der Waals surface area (Å²) >= 11 is 0. The van der Waals surface area contributed by atoms with Crippen LogP contribution in [0.3, 0.4) is 0 Å². The van der Waals surface area contributed by atoms with E-state index in [2.05, 4.69) is 40.0 Å². The fraction of sp³-hybridized carbons (Fsp3) is 0.150. The van der Waals surface area contributed by atoms with Crippen molar-refractivity contribution in [2.24, 2.45) is 0 Å². The number of rotatable bonds is 7. The summed E-state index contributed by atoms with van der Waals surface area (Å²) in [6.45, 7) is 4.13. The van der Waals surface area contributed by atoms with Crippen molar-refractivity contribution in [3.63, 3.8) is 0 Å². The minimum Gasteiger partial charge on any atom is -0.334 e. The summed E-state index contributed by atoms with van der Waals surface area (Å²) in [6, 6.07) is 12.3. The Bertz CT molecular complexity index is 1060. The van der Waals surface area contributed by atoms with Gasteiger partial charge in [-0.1, -0.05) is 26.0 Å². The molecule has 0 aliphatic rings. The smallest absolute Gasteiger partial charge is 0.334 e. The van der Waals surface area contributed by atoms with E-state index >= 15 is 0 Å². The Morgan fingerprint density at radius 3 is 2.27 bits per heavy atom. The summed E-state index contributed by atoms with van der Waals surface area (Å²) in [5, 5.41) is 14.5. The first kappa shape index (κ1) is 20.6. The third kappa shape index (κ3) is 4.85. The van der Waals surface area contributed by atoms with Crippen molar-refractivity contribution < 1.29 is 14.1 Å². The number of hydrogen-bond donors (Lipinski definition) is 3. The molecule has 2 aromatic carbocycles. The van der Waals surface area contributed by atoms with Crippen LogP contribution < -0.4 is 16.2 Å². The van der Waals surface area contributed by atoms with Crippen molar-refractivity contribution >= 4 is 28.9 Å². The Morgan fingerprint density at radius 1 is 1.03 bits per heavy atom. The molecule has 0 saturated heterocycles. The number of nitrogens with one attached hydrogen (secondary N) is 3. The number of nitrogens with zero attached hydrogens (tertiary/aromatic N) is 3. The van der Waals surface area contributed by atoms with E-state index < -0.39 is 22.3 Å². The number of nitro groups is 1. The molecule has 9 nitrogen and oxygen atoms in total. The van der Waals surface area contributed by atoms with Crippen molar-refractivity contribution in [3.8, 4) is 0 Å². The highest BCUT2D eigenvalue weighted by molar-refractivity contribution is 5.95. The van der Waals surface area contributed by atoms with Gasteiger partial charge in [-0.25, -0.2) is 14.4 Å². The topological polar surface area (TPSA) is 122 Å². The molecule has 154 valence electrons. The maximum Gasteiger partial charge on any atom is 0.355 e. The van der Waals surface area contributed by atoms with Crippen molar-refractivity contribution in [3.05, 3.63) is 81.9 Å². The highest BCUT2D eigenvalue weighted by Gasteiger charge is 2.23. The van der Waals surface area contributed by atoms with E-state index in [1.807, 2.05) is 12.1 Å². The highest BCUT2D eigenvalue weighted by Crippen LogP contribution is 2.31. The lowest BCUT2D eigenvalue weighted by Crippen LogP contribution is -2.30. The Morgan fingerprint density at radius 2 is 1.67 bits per heavy atom. The van der Waals surface area contributed by atoms with Crippen LogP contribution in [0.25, 0.3) is 0 Å². The second-order valence-corrected chi connectivity index (χ2v) is 6.66. The molecule has 3 aromatic rings. The predicted molar refractivity (Wildman–Crippen MR) is 110 cm³/mol. The molecule has 3 rings (SSSR count). The molecule has 0 spiro atoms. The van der Waals surface area contributed by atoms with Crippen LogP contribution in [0.15, 0.2) is 54.9 Å². The molecule has 0 atom stereocenters. The monoisotopic (exact) mass is 410 g/mol. The van der Waals surface area contributed by atoms with Crippen LogP contribution in [-0.2, 0) is 0 Å². The van der Waals surface area contributed by atoms with Crippen LogP contribution in [0.1, 0.15) is 35.7 Å². The Kier molecular flexibility index (Phi) is 6.16. The number of halogens is 1. The Labute approximate surface area is 171 Å². The number of hydrogen-bond acceptors (Lipinski definition) is 7. The van der Waals surface area contributed by atoms with Crippen LogP contribution in [0.2, 0.25) is 0 Å². The van der Waals surface area contributed by atoms with Gasteiger partial charge in [0, 0.05) is 11.3 Å². The summed E-state index contributed by atoms with van der Waals surface area (Å²) in [5.74, 6) is -0.977. The molecule has 30 heavy (non-hydrogen) atoms. The molecular weight excluding hydrogens is 391 g/mol. The number of carbonyl (C=O) groups excluding carboxylic acids is 1. The summed E-state index contributed by atoms with van der Waals surface area (Å²) in [4.78, 5) is 30.9. The first-order valence-corrected chi connectivity index (χ1v) is 9.03. The maximum absolute atomic E-state index is 13.0. The molecule has 1 heterocycles. The van der Waals surface area contributed by atoms with Crippen molar-refractivity contribution in [2.45, 2.75) is 19.8 Å². The number of benzene rings is 2. The molecule has 0 radical (unpaired) electrons. The van der Waals surface area contributed by atoms with Crippen molar-refractivity contribution in [1.82, 2.24) is 15.4 Å². The van der Waals surface area contributed by atoms with Crippen molar-refractivity contribution in [1.29, 1.82) is 0 Å². The Balaban J connectivity index is 1.79. The first-order valence-electron chi connectivity index (χ1n) is 9.03. The van der Waals surface area contributed by atoms with Crippen molar-refractivity contribution in [2.75, 3.05) is 10.7 Å². The summed E-state index contributed by atoms with van der Waals surface area (Å²) in [7, 11) is 0. The molecule has 0 aliphatic carbocycles. The minimum atomic E-state index is -0.656. The molecule has 0 unspecified atom stereocenters. The molecular formula is C20H19FN6O3. The van der Waals surface area contributed by atoms with Gasteiger partial charge in [-0.15, -0.1) is 0 Å². The van der Waals surface area contributed by atoms with Gasteiger partial charge in [-0.05, 0) is 47.9 Å². The normalized spacial score (nSPS) is 10.5. The highest BCUT2D eigenvalue weighted by atomic mass is 19.1. The lowest BCUT2D eigenvalue weighted by molar-refractivity contribution is -0.383. The largest absolute Gasteiger partial charge is 0.355 e. The van der Waals surface area contributed by atoms with Gasteiger partial charge in [-0.2, -0.15) is 0 Å². The molecule has 10 heteroatoms. The summed E-state index contributed by atoms with van der Waals surface area (Å²) < 4.78 is 13.0. The van der Waals surface area contributed by atoms with E-state index in [9.17, 15) is 19.3 Å². The number of hydrazine groups is 1. The van der Waals surface area contributed by atoms with Gasteiger partial charge >= 0.3 is 5.69 Å². The van der Waals surface area contributed by atoms with Crippen LogP contribution in [-0.4, -0.2) is 20.8 Å². The van der Waals surface area contributed by atoms with E-state index in [1.54, 1.807) is 12.1 Å². The Hall–Kier alpha value is -4.08. The van der Waals surface area contributed by atoms with Gasteiger partial charge in [0.25, 0.3) is 5.91 Å². The number of aromatic nitrogens is 2. The summed E-state index contributed by atoms with van der Waals surface area (Å²) in [6.07, 6.45) is 1.13. The number of anilines is 3. The van der Waals surface area contributed by atoms with Crippen LogP contribution in [0.4, 0.5) is 27.4 Å². The van der Waals surface area contributed by atoms with Gasteiger partial charge in [0.1, 0.15) is 12.1 Å². The van der Waals surface area contributed by atoms with Gasteiger partial charge in [0.05, 0.1) is 4.92 Å². The average Bonchev–Trinajstić information content (AvgIpc) is 2.72. The SMILES string of the molecule is CC(C)c1ccc(Nc2ncnc(NNC(=O)c3ccc(F)cc3)c2[N+](=O)[O-])cc1. The van der Waals surface area contributed by atoms with E-state index in [4.69, 9.17) is 0 Å². The fourth-order valence-electron chi connectivity index (χ4n) is 2.61. The third-order valence-corrected chi connectivity index (χ3v) is 4.25. The van der Waals surface area contributed by atoms with Crippen LogP contribution in [0.5, 0.6) is 0 Å². The van der Waals surface area contributed by atoms with E-state index in [0.29, 0.717) is 11.6 Å². The maximum atomic E-state index is 13.0. The number of carbonyl (C=O) groups is 1. The second kappa shape index (κ2) is 8.95. The summed E-state index contributed by atoms with van der Waals surface area (Å²) in [5.41, 5.74) is 6.21. The molecule has 0 aliphatic heterocycles. The van der Waals surface area contributed by atoms with E-state index in [1.165, 1.54) is 12.1 Å². The average molecular weight is 410 g/mol. The molecule has 1 amide bonds. The molecule has 0 bridgehead atoms. The molecule has 0 fully saturated rings. The lowest BCUT2D eigenvalue weighted by Gasteiger charge is -2.12. The first-order chi connectivity index (χ1) is 14.3. The second-order valence-electron chi connectivity index (χ2n) is 6.66. The third-order valence-electron chi connectivity index (χ3n) is 4.25. The molecule has 1 aromatic heterocycles. The molecule has 3 N–H and O–H groups in total. The zero-order valence-electron chi connectivity index (χ0n) is 16.2. The van der Waals surface area contributed by atoms with Gasteiger partial charge < -0.3 is 5.32 Å². The van der Waals surface area contributed by atoms with Crippen LogP contribution >= 0.6 is 0 Å². The van der Waals surface area contributed by atoms with Gasteiger partial charge in [0.15, 0.2) is 0 Å². The quantitative estimate of drug-likeness (QED) is 0.395. The zero-order valence-corrected chi connectivity index (χ0v) is 16.2. The fourth-order valence-corrected chi connectivity index (χ4v) is 2.61. The predicted octanol–water partition coefficient (Wildman–Crippen LogP) is 4.15. The van der Waals surface area contributed by atoms with Gasteiger partial charge in [-0.3, -0.25) is 25.8 Å². The lowest BCUT2D eigenvalue weighted by atomic mass is 10.0. The van der Waals surface area contributed by atoms with E-state index in [0.717, 1.165) is 24.0 Å². The zero-order chi connectivity index (χ0) is 21.7. The number of amides is 1. The molecule has 0 saturated carbocycles.